The maximum atomic E-state index is 13.4. The van der Waals surface area contributed by atoms with Crippen LogP contribution in [0.25, 0.3) is 10.9 Å². The number of aliphatic hydroxyl groups excluding tert-OH is 1. The zero-order chi connectivity index (χ0) is 14.3. The van der Waals surface area contributed by atoms with Crippen molar-refractivity contribution in [2.75, 3.05) is 13.2 Å². The summed E-state index contributed by atoms with van der Waals surface area (Å²) in [4.78, 5) is 5.05. The number of aromatic nitrogens is 1. The SMILES string of the molecule is C[C@@H]1Cc2c([nH]c3ccccc23)CN1CC(F)(F)CO. The van der Waals surface area contributed by atoms with Gasteiger partial charge in [0, 0.05) is 29.2 Å². The van der Waals surface area contributed by atoms with E-state index in [4.69, 9.17) is 5.11 Å². The minimum absolute atomic E-state index is 0.0409. The summed E-state index contributed by atoms with van der Waals surface area (Å²) in [6.07, 6.45) is 0.751. The molecule has 2 N–H and O–H groups in total. The van der Waals surface area contributed by atoms with Crippen molar-refractivity contribution in [3.8, 4) is 0 Å². The van der Waals surface area contributed by atoms with E-state index in [2.05, 4.69) is 11.1 Å². The number of rotatable bonds is 3. The highest BCUT2D eigenvalue weighted by atomic mass is 19.3. The molecule has 0 aliphatic carbocycles. The number of benzene rings is 1. The molecule has 0 bridgehead atoms. The molecular formula is C15H18F2N2O. The van der Waals surface area contributed by atoms with Crippen molar-refractivity contribution >= 4 is 10.9 Å². The Kier molecular flexibility index (Phi) is 3.26. The van der Waals surface area contributed by atoms with Crippen LogP contribution in [0.1, 0.15) is 18.2 Å². The second-order valence-electron chi connectivity index (χ2n) is 5.60. The van der Waals surface area contributed by atoms with Crippen molar-refractivity contribution in [1.82, 2.24) is 9.88 Å². The number of H-pyrrole nitrogens is 1. The first-order valence-corrected chi connectivity index (χ1v) is 6.81. The fourth-order valence-electron chi connectivity index (χ4n) is 2.97. The molecule has 20 heavy (non-hydrogen) atoms. The van der Waals surface area contributed by atoms with Crippen LogP contribution in [0.5, 0.6) is 0 Å². The first kappa shape index (κ1) is 13.5. The molecule has 5 heteroatoms. The smallest absolute Gasteiger partial charge is 0.283 e. The highest BCUT2D eigenvalue weighted by molar-refractivity contribution is 5.84. The maximum Gasteiger partial charge on any atom is 0.283 e. The Labute approximate surface area is 116 Å². The lowest BCUT2D eigenvalue weighted by Gasteiger charge is -2.35. The highest BCUT2D eigenvalue weighted by Crippen LogP contribution is 2.31. The molecule has 0 saturated heterocycles. The number of hydrogen-bond acceptors (Lipinski definition) is 2. The van der Waals surface area contributed by atoms with Gasteiger partial charge in [0.15, 0.2) is 0 Å². The van der Waals surface area contributed by atoms with Gasteiger partial charge in [-0.25, -0.2) is 8.78 Å². The van der Waals surface area contributed by atoms with Crippen LogP contribution in [0, 0.1) is 0 Å². The van der Waals surface area contributed by atoms with Gasteiger partial charge in [-0.05, 0) is 25.0 Å². The number of para-hydroxylation sites is 1. The summed E-state index contributed by atoms with van der Waals surface area (Å²) >= 11 is 0. The molecule has 0 unspecified atom stereocenters. The van der Waals surface area contributed by atoms with Crippen molar-refractivity contribution in [1.29, 1.82) is 0 Å². The van der Waals surface area contributed by atoms with Crippen LogP contribution in [0.3, 0.4) is 0 Å². The number of alkyl halides is 2. The Morgan fingerprint density at radius 3 is 2.90 bits per heavy atom. The number of nitrogens with zero attached hydrogens (tertiary/aromatic N) is 1. The van der Waals surface area contributed by atoms with E-state index in [0.29, 0.717) is 6.54 Å². The van der Waals surface area contributed by atoms with E-state index in [1.807, 2.05) is 25.1 Å². The van der Waals surface area contributed by atoms with Crippen LogP contribution < -0.4 is 0 Å². The van der Waals surface area contributed by atoms with E-state index in [9.17, 15) is 8.78 Å². The highest BCUT2D eigenvalue weighted by Gasteiger charge is 2.35. The van der Waals surface area contributed by atoms with Crippen molar-refractivity contribution in [2.45, 2.75) is 31.9 Å². The molecule has 1 aromatic heterocycles. The molecule has 3 rings (SSSR count). The zero-order valence-corrected chi connectivity index (χ0v) is 11.4. The van der Waals surface area contributed by atoms with Crippen molar-refractivity contribution < 1.29 is 13.9 Å². The first-order valence-electron chi connectivity index (χ1n) is 6.81. The zero-order valence-electron chi connectivity index (χ0n) is 11.4. The molecule has 2 aromatic rings. The van der Waals surface area contributed by atoms with Gasteiger partial charge in [-0.15, -0.1) is 0 Å². The predicted octanol–water partition coefficient (Wildman–Crippen LogP) is 2.54. The molecular weight excluding hydrogens is 262 g/mol. The van der Waals surface area contributed by atoms with Gasteiger partial charge in [0.05, 0.1) is 6.54 Å². The van der Waals surface area contributed by atoms with Crippen LogP contribution in [0.2, 0.25) is 0 Å². The number of nitrogens with one attached hydrogen (secondary N) is 1. The van der Waals surface area contributed by atoms with Crippen LogP contribution in [0.15, 0.2) is 24.3 Å². The van der Waals surface area contributed by atoms with Gasteiger partial charge in [-0.3, -0.25) is 4.90 Å². The van der Waals surface area contributed by atoms with E-state index in [-0.39, 0.29) is 6.04 Å². The first-order chi connectivity index (χ1) is 9.50. The topological polar surface area (TPSA) is 39.3 Å². The van der Waals surface area contributed by atoms with E-state index >= 15 is 0 Å². The average Bonchev–Trinajstić information content (AvgIpc) is 2.77. The molecule has 3 nitrogen and oxygen atoms in total. The Morgan fingerprint density at radius 1 is 1.40 bits per heavy atom. The molecule has 1 aliphatic rings. The molecule has 1 aliphatic heterocycles. The largest absolute Gasteiger partial charge is 0.390 e. The van der Waals surface area contributed by atoms with Crippen LogP contribution in [-0.4, -0.2) is 40.1 Å². The van der Waals surface area contributed by atoms with Crippen LogP contribution >= 0.6 is 0 Å². The number of halogens is 2. The van der Waals surface area contributed by atoms with Gasteiger partial charge in [0.1, 0.15) is 6.61 Å². The van der Waals surface area contributed by atoms with Crippen molar-refractivity contribution in [3.05, 3.63) is 35.5 Å². The minimum atomic E-state index is -3.04. The van der Waals surface area contributed by atoms with Crippen LogP contribution in [0.4, 0.5) is 8.78 Å². The molecule has 1 aromatic carbocycles. The molecule has 2 heterocycles. The summed E-state index contributed by atoms with van der Waals surface area (Å²) in [5.41, 5.74) is 3.30. The Morgan fingerprint density at radius 2 is 2.15 bits per heavy atom. The minimum Gasteiger partial charge on any atom is -0.390 e. The number of aromatic amines is 1. The van der Waals surface area contributed by atoms with E-state index < -0.39 is 19.1 Å². The predicted molar refractivity (Wildman–Crippen MR) is 73.9 cm³/mol. The molecule has 0 saturated carbocycles. The van der Waals surface area contributed by atoms with Crippen molar-refractivity contribution in [2.24, 2.45) is 0 Å². The quantitative estimate of drug-likeness (QED) is 0.907. The lowest BCUT2D eigenvalue weighted by atomic mass is 9.97. The number of hydrogen-bond donors (Lipinski definition) is 2. The number of aliphatic hydroxyl groups is 1. The molecule has 0 fully saturated rings. The van der Waals surface area contributed by atoms with Crippen LogP contribution in [-0.2, 0) is 13.0 Å². The molecule has 1 atom stereocenters. The Bertz CT molecular complexity index is 623. The van der Waals surface area contributed by atoms with Gasteiger partial charge in [-0.1, -0.05) is 18.2 Å². The molecule has 0 amide bonds. The lowest BCUT2D eigenvalue weighted by Crippen LogP contribution is -2.46. The van der Waals surface area contributed by atoms with Crippen molar-refractivity contribution in [3.63, 3.8) is 0 Å². The van der Waals surface area contributed by atoms with Gasteiger partial charge in [0.2, 0.25) is 0 Å². The second-order valence-corrected chi connectivity index (χ2v) is 5.60. The van der Waals surface area contributed by atoms with Gasteiger partial charge in [-0.2, -0.15) is 0 Å². The third-order valence-corrected chi connectivity index (χ3v) is 4.05. The third-order valence-electron chi connectivity index (χ3n) is 4.05. The normalized spacial score (nSPS) is 20.3. The third kappa shape index (κ3) is 2.31. The molecule has 108 valence electrons. The fraction of sp³-hybridized carbons (Fsp3) is 0.467. The standard InChI is InChI=1S/C15H18F2N2O/c1-10-6-12-11-4-2-3-5-13(11)18-14(12)7-19(10)8-15(16,17)9-20/h2-5,10,18,20H,6-9H2,1H3/t10-/m1/s1. The monoisotopic (exact) mass is 280 g/mol. The Hall–Kier alpha value is -1.46. The summed E-state index contributed by atoms with van der Waals surface area (Å²) in [7, 11) is 0. The summed E-state index contributed by atoms with van der Waals surface area (Å²) in [5, 5.41) is 9.92. The summed E-state index contributed by atoms with van der Waals surface area (Å²) < 4.78 is 26.8. The van der Waals surface area contributed by atoms with E-state index in [1.165, 1.54) is 10.9 Å². The summed E-state index contributed by atoms with van der Waals surface area (Å²) in [6, 6.07) is 8.07. The maximum absolute atomic E-state index is 13.4. The van der Waals surface area contributed by atoms with E-state index in [1.54, 1.807) is 4.90 Å². The Balaban J connectivity index is 1.90. The summed E-state index contributed by atoms with van der Waals surface area (Å²) in [5.74, 6) is -3.04. The average molecular weight is 280 g/mol. The second kappa shape index (κ2) is 4.82. The molecule has 0 radical (unpaired) electrons. The van der Waals surface area contributed by atoms with Gasteiger partial charge in [0.25, 0.3) is 5.92 Å². The van der Waals surface area contributed by atoms with Gasteiger partial charge < -0.3 is 10.1 Å². The number of fused-ring (bicyclic) bond motifs is 3. The fourth-order valence-corrected chi connectivity index (χ4v) is 2.97. The summed E-state index contributed by atoms with van der Waals surface area (Å²) in [6.45, 7) is 0.925. The lowest BCUT2D eigenvalue weighted by molar-refractivity contribution is -0.0819. The molecule has 0 spiro atoms. The van der Waals surface area contributed by atoms with E-state index in [0.717, 1.165) is 17.6 Å². The van der Waals surface area contributed by atoms with Gasteiger partial charge >= 0.3 is 0 Å².